The van der Waals surface area contributed by atoms with E-state index in [4.69, 9.17) is 10.5 Å². The van der Waals surface area contributed by atoms with E-state index in [1.54, 1.807) is 0 Å². The number of ether oxygens (including phenoxy) is 1. The number of nitriles is 1. The molecule has 0 fully saturated rings. The minimum Gasteiger partial charge on any atom is -0.440 e. The van der Waals surface area contributed by atoms with E-state index in [1.165, 1.54) is 0 Å². The van der Waals surface area contributed by atoms with Crippen molar-refractivity contribution in [1.29, 1.82) is 5.26 Å². The molecule has 0 aromatic heterocycles. The molecule has 0 amide bonds. The predicted molar refractivity (Wildman–Crippen MR) is 107 cm³/mol. The fourth-order valence-corrected chi connectivity index (χ4v) is 4.06. The highest BCUT2D eigenvalue weighted by atomic mass is 16.5. The first-order valence-electron chi connectivity index (χ1n) is 8.85. The number of rotatable bonds is 1. The maximum Gasteiger partial charge on any atom is 0.205 e. The van der Waals surface area contributed by atoms with Crippen molar-refractivity contribution in [3.8, 4) is 11.8 Å². The molecule has 2 N–H and O–H groups in total. The molecule has 0 aliphatic carbocycles. The third-order valence-corrected chi connectivity index (χ3v) is 5.25. The van der Waals surface area contributed by atoms with Crippen LogP contribution in [0.5, 0.6) is 5.75 Å². The molecule has 27 heavy (non-hydrogen) atoms. The first-order chi connectivity index (χ1) is 13.3. The molecule has 0 saturated heterocycles. The van der Waals surface area contributed by atoms with E-state index in [0.29, 0.717) is 11.3 Å². The molecule has 3 nitrogen and oxygen atoms in total. The van der Waals surface area contributed by atoms with Gasteiger partial charge in [-0.3, -0.25) is 0 Å². The van der Waals surface area contributed by atoms with E-state index >= 15 is 0 Å². The molecule has 0 spiro atoms. The molecule has 1 aliphatic rings. The number of hydrogen-bond donors (Lipinski definition) is 1. The average molecular weight is 348 g/mol. The van der Waals surface area contributed by atoms with Gasteiger partial charge in [0.05, 0.1) is 5.92 Å². The molecule has 5 rings (SSSR count). The number of benzene rings is 4. The van der Waals surface area contributed by atoms with Gasteiger partial charge in [-0.1, -0.05) is 72.8 Å². The summed E-state index contributed by atoms with van der Waals surface area (Å²) in [4.78, 5) is 0. The standard InChI is InChI=1S/C24H16N2O/c25-14-20-22(19-11-5-8-15-6-1-3-9-17(15)19)23-18-10-4-2-7-16(18)12-13-21(23)27-24(20)26/h1-13,22H,26H2. The van der Waals surface area contributed by atoms with E-state index in [0.717, 1.165) is 32.7 Å². The zero-order valence-corrected chi connectivity index (χ0v) is 14.5. The van der Waals surface area contributed by atoms with Crippen LogP contribution in [0.25, 0.3) is 21.5 Å². The van der Waals surface area contributed by atoms with Crippen molar-refractivity contribution in [1.82, 2.24) is 0 Å². The second-order valence-electron chi connectivity index (χ2n) is 6.69. The lowest BCUT2D eigenvalue weighted by Crippen LogP contribution is -2.21. The lowest BCUT2D eigenvalue weighted by molar-refractivity contribution is 0.395. The van der Waals surface area contributed by atoms with Crippen molar-refractivity contribution in [2.45, 2.75) is 5.92 Å². The van der Waals surface area contributed by atoms with Gasteiger partial charge in [0.15, 0.2) is 0 Å². The number of allylic oxidation sites excluding steroid dienone is 1. The molecule has 0 bridgehead atoms. The zero-order valence-electron chi connectivity index (χ0n) is 14.5. The fraction of sp³-hybridized carbons (Fsp3) is 0.0417. The number of nitrogens with zero attached hydrogens (tertiary/aromatic N) is 1. The molecular weight excluding hydrogens is 332 g/mol. The van der Waals surface area contributed by atoms with Crippen molar-refractivity contribution >= 4 is 21.5 Å². The zero-order chi connectivity index (χ0) is 18.4. The van der Waals surface area contributed by atoms with Crippen LogP contribution in [0, 0.1) is 11.3 Å². The van der Waals surface area contributed by atoms with Gasteiger partial charge in [0.25, 0.3) is 0 Å². The third kappa shape index (κ3) is 2.28. The van der Waals surface area contributed by atoms with E-state index in [9.17, 15) is 5.26 Å². The molecule has 128 valence electrons. The Morgan fingerprint density at radius 2 is 1.44 bits per heavy atom. The first-order valence-corrected chi connectivity index (χ1v) is 8.85. The predicted octanol–water partition coefficient (Wildman–Crippen LogP) is 5.21. The largest absolute Gasteiger partial charge is 0.440 e. The molecule has 1 atom stereocenters. The van der Waals surface area contributed by atoms with Crippen LogP contribution in [0.15, 0.2) is 90.3 Å². The molecule has 4 aromatic rings. The summed E-state index contributed by atoms with van der Waals surface area (Å²) in [6.07, 6.45) is 0. The summed E-state index contributed by atoms with van der Waals surface area (Å²) in [7, 11) is 0. The lowest BCUT2D eigenvalue weighted by atomic mass is 9.79. The molecule has 1 aliphatic heterocycles. The Morgan fingerprint density at radius 1 is 0.778 bits per heavy atom. The van der Waals surface area contributed by atoms with E-state index < -0.39 is 0 Å². The van der Waals surface area contributed by atoms with Crippen molar-refractivity contribution < 1.29 is 4.74 Å². The second kappa shape index (κ2) is 5.89. The average Bonchev–Trinajstić information content (AvgIpc) is 2.72. The summed E-state index contributed by atoms with van der Waals surface area (Å²) in [5, 5.41) is 14.3. The summed E-state index contributed by atoms with van der Waals surface area (Å²) in [5.41, 5.74) is 8.67. The van der Waals surface area contributed by atoms with Crippen LogP contribution < -0.4 is 10.5 Å². The van der Waals surface area contributed by atoms with Crippen LogP contribution in [0.4, 0.5) is 0 Å². The minimum absolute atomic E-state index is 0.179. The normalized spacial score (nSPS) is 16.0. The van der Waals surface area contributed by atoms with Gasteiger partial charge in [-0.15, -0.1) is 0 Å². The molecule has 4 aromatic carbocycles. The van der Waals surface area contributed by atoms with Crippen LogP contribution >= 0.6 is 0 Å². The van der Waals surface area contributed by atoms with Crippen LogP contribution in [-0.4, -0.2) is 0 Å². The Hall–Kier alpha value is -3.77. The summed E-state index contributed by atoms with van der Waals surface area (Å²) < 4.78 is 5.84. The highest BCUT2D eigenvalue weighted by molar-refractivity contribution is 5.93. The van der Waals surface area contributed by atoms with E-state index in [-0.39, 0.29) is 11.8 Å². The monoisotopic (exact) mass is 348 g/mol. The molecule has 3 heteroatoms. The van der Waals surface area contributed by atoms with Gasteiger partial charge in [0, 0.05) is 5.56 Å². The second-order valence-corrected chi connectivity index (χ2v) is 6.69. The highest BCUT2D eigenvalue weighted by Crippen LogP contribution is 2.46. The minimum atomic E-state index is -0.268. The SMILES string of the molecule is N#CC1=C(N)Oc2ccc3ccccc3c2C1c1cccc2ccccc12. The van der Waals surface area contributed by atoms with E-state index in [1.807, 2.05) is 42.5 Å². The van der Waals surface area contributed by atoms with Crippen molar-refractivity contribution in [3.05, 3.63) is 101 Å². The van der Waals surface area contributed by atoms with Gasteiger partial charge >= 0.3 is 0 Å². The van der Waals surface area contributed by atoms with Crippen molar-refractivity contribution in [3.63, 3.8) is 0 Å². The molecule has 1 unspecified atom stereocenters. The quantitative estimate of drug-likeness (QED) is 0.513. The Kier molecular flexibility index (Phi) is 3.38. The highest BCUT2D eigenvalue weighted by Gasteiger charge is 2.32. The van der Waals surface area contributed by atoms with Crippen molar-refractivity contribution in [2.75, 3.05) is 0 Å². The maximum absolute atomic E-state index is 9.90. The maximum atomic E-state index is 9.90. The fourth-order valence-electron chi connectivity index (χ4n) is 4.06. The smallest absolute Gasteiger partial charge is 0.205 e. The Bertz CT molecular complexity index is 1280. The van der Waals surface area contributed by atoms with Crippen LogP contribution in [0.2, 0.25) is 0 Å². The van der Waals surface area contributed by atoms with Gasteiger partial charge in [-0.2, -0.15) is 5.26 Å². The summed E-state index contributed by atoms with van der Waals surface area (Å²) in [6, 6.07) is 28.9. The van der Waals surface area contributed by atoms with Crippen LogP contribution in [0.1, 0.15) is 17.0 Å². The van der Waals surface area contributed by atoms with Gasteiger partial charge in [0.2, 0.25) is 5.88 Å². The van der Waals surface area contributed by atoms with Crippen LogP contribution in [-0.2, 0) is 0 Å². The number of fused-ring (bicyclic) bond motifs is 4. The Morgan fingerprint density at radius 3 is 2.22 bits per heavy atom. The summed E-state index contributed by atoms with van der Waals surface area (Å²) >= 11 is 0. The van der Waals surface area contributed by atoms with Crippen LogP contribution in [0.3, 0.4) is 0 Å². The molecule has 0 radical (unpaired) electrons. The Balaban J connectivity index is 1.91. The van der Waals surface area contributed by atoms with Gasteiger partial charge < -0.3 is 10.5 Å². The van der Waals surface area contributed by atoms with Gasteiger partial charge in [0.1, 0.15) is 17.4 Å². The number of hydrogen-bond acceptors (Lipinski definition) is 3. The van der Waals surface area contributed by atoms with Gasteiger partial charge in [-0.05, 0) is 33.2 Å². The topological polar surface area (TPSA) is 59.0 Å². The Labute approximate surface area is 156 Å². The third-order valence-electron chi connectivity index (χ3n) is 5.25. The lowest BCUT2D eigenvalue weighted by Gasteiger charge is -2.28. The molecular formula is C24H16N2O. The first kappa shape index (κ1) is 15.5. The van der Waals surface area contributed by atoms with Crippen molar-refractivity contribution in [2.24, 2.45) is 5.73 Å². The van der Waals surface area contributed by atoms with E-state index in [2.05, 4.69) is 42.5 Å². The summed E-state index contributed by atoms with van der Waals surface area (Å²) in [5.74, 6) is 0.622. The molecule has 1 heterocycles. The number of nitrogens with two attached hydrogens (primary N) is 1. The summed E-state index contributed by atoms with van der Waals surface area (Å²) in [6.45, 7) is 0. The molecule has 0 saturated carbocycles. The van der Waals surface area contributed by atoms with Gasteiger partial charge in [-0.25, -0.2) is 0 Å².